The lowest BCUT2D eigenvalue weighted by atomic mass is 10.1. The quantitative estimate of drug-likeness (QED) is 0.824. The highest BCUT2D eigenvalue weighted by molar-refractivity contribution is 8.38. The number of rotatable bonds is 3. The molecule has 0 aromatic heterocycles. The number of aliphatic imine (C=N–C) groups is 1. The zero-order valence-electron chi connectivity index (χ0n) is 13.1. The molecule has 1 aliphatic heterocycles. The number of carbonyl (C=O) groups is 1. The second-order valence-corrected chi connectivity index (χ2v) is 7.75. The first-order valence-corrected chi connectivity index (χ1v) is 9.24. The zero-order chi connectivity index (χ0) is 16.2. The summed E-state index contributed by atoms with van der Waals surface area (Å²) >= 11 is 3.24. The summed E-state index contributed by atoms with van der Waals surface area (Å²) < 4.78 is 0.952. The molecule has 1 heterocycles. The molecule has 0 fully saturated rings. The van der Waals surface area contributed by atoms with Crippen molar-refractivity contribution in [1.29, 1.82) is 0 Å². The lowest BCUT2D eigenvalue weighted by molar-refractivity contribution is -0.128. The summed E-state index contributed by atoms with van der Waals surface area (Å²) in [4.78, 5) is 19.0. The van der Waals surface area contributed by atoms with E-state index in [1.807, 2.05) is 48.5 Å². The molecule has 0 aliphatic carbocycles. The van der Waals surface area contributed by atoms with Crippen LogP contribution >= 0.6 is 23.5 Å². The van der Waals surface area contributed by atoms with E-state index < -0.39 is 0 Å². The van der Waals surface area contributed by atoms with Gasteiger partial charge >= 0.3 is 0 Å². The van der Waals surface area contributed by atoms with Crippen LogP contribution in [0.5, 0.6) is 0 Å². The molecule has 0 saturated heterocycles. The number of fused-ring (bicyclic) bond motifs is 1. The zero-order valence-corrected chi connectivity index (χ0v) is 14.7. The summed E-state index contributed by atoms with van der Waals surface area (Å²) in [5.74, 6) is 0.989. The van der Waals surface area contributed by atoms with Crippen molar-refractivity contribution in [3.63, 3.8) is 0 Å². The lowest BCUT2D eigenvalue weighted by Gasteiger charge is -2.22. The van der Waals surface area contributed by atoms with Gasteiger partial charge in [-0.2, -0.15) is 0 Å². The Kier molecular flexibility index (Phi) is 5.08. The molecule has 0 radical (unpaired) electrons. The van der Waals surface area contributed by atoms with Gasteiger partial charge in [-0.1, -0.05) is 72.1 Å². The van der Waals surface area contributed by atoms with Crippen molar-refractivity contribution in [2.45, 2.75) is 11.0 Å². The molecule has 118 valence electrons. The van der Waals surface area contributed by atoms with Gasteiger partial charge in [0, 0.05) is 19.8 Å². The SMILES string of the molecule is CN(C)C(=O)[C@@H](SC1=Nc2ccccc2CS1)c1ccccc1. The highest BCUT2D eigenvalue weighted by Crippen LogP contribution is 2.40. The highest BCUT2D eigenvalue weighted by atomic mass is 32.2. The van der Waals surface area contributed by atoms with Crippen LogP contribution in [0, 0.1) is 0 Å². The number of para-hydroxylation sites is 1. The second kappa shape index (κ2) is 7.23. The van der Waals surface area contributed by atoms with Gasteiger partial charge in [0.1, 0.15) is 9.63 Å². The smallest absolute Gasteiger partial charge is 0.240 e. The fraction of sp³-hybridized carbons (Fsp3) is 0.222. The number of nitrogens with zero attached hydrogens (tertiary/aromatic N) is 2. The van der Waals surface area contributed by atoms with Crippen molar-refractivity contribution in [2.75, 3.05) is 14.1 Å². The Labute approximate surface area is 145 Å². The minimum absolute atomic E-state index is 0.0864. The van der Waals surface area contributed by atoms with E-state index in [0.29, 0.717) is 0 Å². The Morgan fingerprint density at radius 1 is 1.13 bits per heavy atom. The first-order chi connectivity index (χ1) is 11.1. The van der Waals surface area contributed by atoms with E-state index in [4.69, 9.17) is 4.99 Å². The van der Waals surface area contributed by atoms with Gasteiger partial charge < -0.3 is 4.90 Å². The molecular weight excluding hydrogens is 324 g/mol. The predicted molar refractivity (Wildman–Crippen MR) is 100 cm³/mol. The molecule has 0 spiro atoms. The molecule has 2 aromatic carbocycles. The summed E-state index contributed by atoms with van der Waals surface area (Å²) in [5.41, 5.74) is 3.27. The molecule has 0 N–H and O–H groups in total. The largest absolute Gasteiger partial charge is 0.348 e. The molecule has 1 aliphatic rings. The van der Waals surface area contributed by atoms with Crippen LogP contribution in [0.25, 0.3) is 0 Å². The Bertz CT molecular complexity index is 729. The summed E-state index contributed by atoms with van der Waals surface area (Å²) in [6.07, 6.45) is 0. The molecule has 1 amide bonds. The van der Waals surface area contributed by atoms with Crippen molar-refractivity contribution >= 4 is 39.5 Å². The summed E-state index contributed by atoms with van der Waals surface area (Å²) in [6.45, 7) is 0. The van der Waals surface area contributed by atoms with Crippen LogP contribution in [0.3, 0.4) is 0 Å². The molecule has 0 unspecified atom stereocenters. The van der Waals surface area contributed by atoms with Crippen molar-refractivity contribution in [3.05, 3.63) is 65.7 Å². The molecule has 23 heavy (non-hydrogen) atoms. The number of hydrogen-bond acceptors (Lipinski definition) is 4. The van der Waals surface area contributed by atoms with Gasteiger partial charge in [-0.15, -0.1) is 0 Å². The Hall–Kier alpha value is -1.72. The molecule has 1 atom stereocenters. The van der Waals surface area contributed by atoms with Gasteiger partial charge in [-0.3, -0.25) is 4.79 Å². The van der Waals surface area contributed by atoms with Gasteiger partial charge in [0.2, 0.25) is 5.91 Å². The number of likely N-dealkylation sites (N-methyl/N-ethyl adjacent to an activating group) is 1. The van der Waals surface area contributed by atoms with Crippen LogP contribution in [0.4, 0.5) is 5.69 Å². The number of amides is 1. The van der Waals surface area contributed by atoms with Crippen LogP contribution in [0.1, 0.15) is 16.4 Å². The molecule has 0 bridgehead atoms. The van der Waals surface area contributed by atoms with Crippen LogP contribution in [-0.4, -0.2) is 29.3 Å². The predicted octanol–water partition coefficient (Wildman–Crippen LogP) is 4.48. The molecule has 0 saturated carbocycles. The summed E-state index contributed by atoms with van der Waals surface area (Å²) in [7, 11) is 3.59. The van der Waals surface area contributed by atoms with Crippen molar-refractivity contribution < 1.29 is 4.79 Å². The molecule has 2 aromatic rings. The molecule has 3 rings (SSSR count). The van der Waals surface area contributed by atoms with Gasteiger partial charge in [-0.25, -0.2) is 4.99 Å². The Balaban J connectivity index is 1.88. The van der Waals surface area contributed by atoms with Crippen LogP contribution in [0.2, 0.25) is 0 Å². The van der Waals surface area contributed by atoms with E-state index >= 15 is 0 Å². The second-order valence-electron chi connectivity index (χ2n) is 5.44. The Morgan fingerprint density at radius 2 is 1.83 bits per heavy atom. The summed E-state index contributed by atoms with van der Waals surface area (Å²) in [6, 6.07) is 18.1. The molecular formula is C18H18N2OS2. The monoisotopic (exact) mass is 342 g/mol. The fourth-order valence-corrected chi connectivity index (χ4v) is 4.68. The first kappa shape index (κ1) is 16.1. The summed E-state index contributed by atoms with van der Waals surface area (Å²) in [5, 5.41) is -0.261. The first-order valence-electron chi connectivity index (χ1n) is 7.37. The van der Waals surface area contributed by atoms with E-state index in [-0.39, 0.29) is 11.2 Å². The molecule has 5 heteroatoms. The lowest BCUT2D eigenvalue weighted by Crippen LogP contribution is -2.27. The fourth-order valence-electron chi connectivity index (χ4n) is 2.30. The third kappa shape index (κ3) is 3.79. The third-order valence-corrected chi connectivity index (χ3v) is 5.98. The number of carbonyl (C=O) groups excluding carboxylic acids is 1. The van der Waals surface area contributed by atoms with Crippen LogP contribution < -0.4 is 0 Å². The van der Waals surface area contributed by atoms with Gasteiger partial charge in [0.05, 0.1) is 5.69 Å². The maximum Gasteiger partial charge on any atom is 0.240 e. The van der Waals surface area contributed by atoms with Crippen LogP contribution in [0.15, 0.2) is 59.6 Å². The average Bonchev–Trinajstić information content (AvgIpc) is 2.59. The number of benzene rings is 2. The maximum atomic E-state index is 12.6. The van der Waals surface area contributed by atoms with E-state index in [9.17, 15) is 4.79 Å². The van der Waals surface area contributed by atoms with E-state index in [1.54, 1.807) is 42.5 Å². The van der Waals surface area contributed by atoms with Gasteiger partial charge in [-0.05, 0) is 17.2 Å². The number of hydrogen-bond donors (Lipinski definition) is 0. The third-order valence-electron chi connectivity index (χ3n) is 3.54. The van der Waals surface area contributed by atoms with Gasteiger partial charge in [0.25, 0.3) is 0 Å². The molecule has 3 nitrogen and oxygen atoms in total. The highest BCUT2D eigenvalue weighted by Gasteiger charge is 2.26. The van der Waals surface area contributed by atoms with Crippen molar-refractivity contribution in [2.24, 2.45) is 4.99 Å². The number of thioether (sulfide) groups is 2. The standard InChI is InChI=1S/C18H18N2OS2/c1-20(2)17(21)16(13-8-4-3-5-9-13)23-18-19-15-11-7-6-10-14(15)12-22-18/h3-11,16H,12H2,1-2H3/t16-/m0/s1. The minimum Gasteiger partial charge on any atom is -0.348 e. The van der Waals surface area contributed by atoms with E-state index in [2.05, 4.69) is 6.07 Å². The normalized spacial score (nSPS) is 14.6. The van der Waals surface area contributed by atoms with Crippen molar-refractivity contribution in [1.82, 2.24) is 4.90 Å². The average molecular weight is 342 g/mol. The minimum atomic E-state index is -0.261. The van der Waals surface area contributed by atoms with E-state index in [1.165, 1.54) is 5.56 Å². The van der Waals surface area contributed by atoms with E-state index in [0.717, 1.165) is 21.4 Å². The topological polar surface area (TPSA) is 32.7 Å². The van der Waals surface area contributed by atoms with Crippen molar-refractivity contribution in [3.8, 4) is 0 Å². The van der Waals surface area contributed by atoms with Crippen LogP contribution in [-0.2, 0) is 10.5 Å². The Morgan fingerprint density at radius 3 is 2.57 bits per heavy atom. The maximum absolute atomic E-state index is 12.6. The van der Waals surface area contributed by atoms with Gasteiger partial charge in [0.15, 0.2) is 0 Å².